The minimum Gasteiger partial charge on any atom is -0.476 e. The van der Waals surface area contributed by atoms with Crippen LogP contribution in [0.2, 0.25) is 0 Å². The number of carboxylic acid groups (broad SMARTS) is 1. The Hall–Kier alpha value is -1.70. The number of carbonyl (C=O) groups is 1. The third-order valence-corrected chi connectivity index (χ3v) is 3.52. The predicted octanol–water partition coefficient (Wildman–Crippen LogP) is 1.35. The summed E-state index contributed by atoms with van der Waals surface area (Å²) in [4.78, 5) is 18.2. The van der Waals surface area contributed by atoms with E-state index in [4.69, 9.17) is 5.11 Å². The molecule has 0 spiro atoms. The first-order chi connectivity index (χ1) is 8.61. The van der Waals surface area contributed by atoms with Crippen molar-refractivity contribution in [2.75, 3.05) is 10.5 Å². The Bertz CT molecular complexity index is 564. The first-order valence-electron chi connectivity index (χ1n) is 5.65. The van der Waals surface area contributed by atoms with Crippen molar-refractivity contribution in [2.45, 2.75) is 27.2 Å². The molecule has 106 valence electrons. The van der Waals surface area contributed by atoms with E-state index >= 15 is 0 Å². The smallest absolute Gasteiger partial charge is 0.358 e. The number of hydrogen-bond acceptors (Lipinski definition) is 5. The number of sulfonamides is 1. The number of hydrogen-bond donors (Lipinski definition) is 2. The molecule has 1 rings (SSSR count). The molecule has 0 aliphatic rings. The normalized spacial score (nSPS) is 12.2. The minimum absolute atomic E-state index is 0.105. The van der Waals surface area contributed by atoms with E-state index < -0.39 is 21.7 Å². The van der Waals surface area contributed by atoms with Crippen molar-refractivity contribution in [2.24, 2.45) is 5.41 Å². The summed E-state index contributed by atoms with van der Waals surface area (Å²) in [6.45, 7) is 5.77. The van der Waals surface area contributed by atoms with Crippen molar-refractivity contribution in [1.29, 1.82) is 0 Å². The Labute approximate surface area is 112 Å². The fraction of sp³-hybridized carbons (Fsp3) is 0.545. The maximum absolute atomic E-state index is 11.8. The van der Waals surface area contributed by atoms with Gasteiger partial charge in [0.15, 0.2) is 11.5 Å². The lowest BCUT2D eigenvalue weighted by Crippen LogP contribution is -2.23. The van der Waals surface area contributed by atoms with Gasteiger partial charge in [0.2, 0.25) is 10.0 Å². The summed E-state index contributed by atoms with van der Waals surface area (Å²) in [5.74, 6) is -1.70. The molecule has 0 aromatic carbocycles. The van der Waals surface area contributed by atoms with Crippen LogP contribution in [0.1, 0.15) is 37.7 Å². The second-order valence-corrected chi connectivity index (χ2v) is 7.13. The summed E-state index contributed by atoms with van der Waals surface area (Å²) in [5.41, 5.74) is -0.547. The summed E-state index contributed by atoms with van der Waals surface area (Å²) in [6, 6.07) is 0. The van der Waals surface area contributed by atoms with Crippen LogP contribution in [0, 0.1) is 5.41 Å². The van der Waals surface area contributed by atoms with Gasteiger partial charge in [-0.15, -0.1) is 0 Å². The molecular formula is C11H17N3O4S. The van der Waals surface area contributed by atoms with E-state index in [0.717, 1.165) is 0 Å². The third kappa shape index (κ3) is 5.21. The SMILES string of the molecule is CC(C)(C)CCS(=O)(=O)Nc1nccnc1C(=O)O. The highest BCUT2D eigenvalue weighted by atomic mass is 32.2. The summed E-state index contributed by atoms with van der Waals surface area (Å²) in [7, 11) is -3.64. The number of aromatic nitrogens is 2. The molecule has 0 amide bonds. The zero-order valence-electron chi connectivity index (χ0n) is 11.0. The van der Waals surface area contributed by atoms with E-state index in [-0.39, 0.29) is 17.0 Å². The van der Waals surface area contributed by atoms with Crippen molar-refractivity contribution in [3.05, 3.63) is 18.1 Å². The zero-order chi connectivity index (χ0) is 14.7. The molecule has 19 heavy (non-hydrogen) atoms. The highest BCUT2D eigenvalue weighted by Gasteiger charge is 2.21. The van der Waals surface area contributed by atoms with Gasteiger partial charge in [-0.1, -0.05) is 20.8 Å². The summed E-state index contributed by atoms with van der Waals surface area (Å²) in [5, 5.41) is 8.88. The molecule has 0 saturated carbocycles. The van der Waals surface area contributed by atoms with Crippen LogP contribution in [0.15, 0.2) is 12.4 Å². The zero-order valence-corrected chi connectivity index (χ0v) is 11.9. The molecule has 1 aromatic heterocycles. The Balaban J connectivity index is 2.87. The van der Waals surface area contributed by atoms with Crippen LogP contribution in [0.4, 0.5) is 5.82 Å². The molecule has 8 heteroatoms. The molecule has 1 heterocycles. The van der Waals surface area contributed by atoms with Gasteiger partial charge in [-0.05, 0) is 11.8 Å². The maximum Gasteiger partial charge on any atom is 0.358 e. The number of aromatic carboxylic acids is 1. The van der Waals surface area contributed by atoms with E-state index in [1.807, 2.05) is 20.8 Å². The predicted molar refractivity (Wildman–Crippen MR) is 70.5 cm³/mol. The second kappa shape index (κ2) is 5.52. The summed E-state index contributed by atoms with van der Waals surface area (Å²) >= 11 is 0. The van der Waals surface area contributed by atoms with Gasteiger partial charge in [0, 0.05) is 12.4 Å². The molecule has 0 aliphatic heterocycles. The second-order valence-electron chi connectivity index (χ2n) is 5.29. The molecule has 2 N–H and O–H groups in total. The third-order valence-electron chi connectivity index (χ3n) is 2.27. The fourth-order valence-corrected chi connectivity index (χ4v) is 2.64. The van der Waals surface area contributed by atoms with Gasteiger partial charge in [-0.3, -0.25) is 4.72 Å². The Kier molecular flexibility index (Phi) is 4.46. The van der Waals surface area contributed by atoms with Crippen molar-refractivity contribution >= 4 is 21.8 Å². The first kappa shape index (κ1) is 15.4. The van der Waals surface area contributed by atoms with E-state index in [2.05, 4.69) is 14.7 Å². The standard InChI is InChI=1S/C11H17N3O4S/c1-11(2,3)4-7-19(17,18)14-9-8(10(15)16)12-5-6-13-9/h5-6H,4,7H2,1-3H3,(H,13,14)(H,15,16). The lowest BCUT2D eigenvalue weighted by atomic mass is 9.94. The monoisotopic (exact) mass is 287 g/mol. The molecule has 0 aliphatic carbocycles. The molecule has 0 saturated heterocycles. The van der Waals surface area contributed by atoms with Gasteiger partial charge >= 0.3 is 5.97 Å². The van der Waals surface area contributed by atoms with Crippen molar-refractivity contribution in [1.82, 2.24) is 9.97 Å². The topological polar surface area (TPSA) is 109 Å². The molecule has 0 unspecified atom stereocenters. The van der Waals surface area contributed by atoms with Gasteiger partial charge < -0.3 is 5.11 Å². The number of nitrogens with one attached hydrogen (secondary N) is 1. The lowest BCUT2D eigenvalue weighted by Gasteiger charge is -2.18. The van der Waals surface area contributed by atoms with E-state index in [0.29, 0.717) is 6.42 Å². The number of nitrogens with zero attached hydrogens (tertiary/aromatic N) is 2. The molecule has 7 nitrogen and oxygen atoms in total. The van der Waals surface area contributed by atoms with Gasteiger partial charge in [-0.25, -0.2) is 23.2 Å². The van der Waals surface area contributed by atoms with E-state index in [1.54, 1.807) is 0 Å². The molecular weight excluding hydrogens is 270 g/mol. The van der Waals surface area contributed by atoms with Gasteiger partial charge in [0.25, 0.3) is 0 Å². The highest BCUT2D eigenvalue weighted by Crippen LogP contribution is 2.20. The summed E-state index contributed by atoms with van der Waals surface area (Å²) < 4.78 is 25.9. The number of carboxylic acids is 1. The quantitative estimate of drug-likeness (QED) is 0.846. The largest absolute Gasteiger partial charge is 0.476 e. The van der Waals surface area contributed by atoms with Crippen molar-refractivity contribution < 1.29 is 18.3 Å². The minimum atomic E-state index is -3.64. The Morgan fingerprint density at radius 3 is 2.42 bits per heavy atom. The Morgan fingerprint density at radius 1 is 1.32 bits per heavy atom. The average Bonchev–Trinajstić information content (AvgIpc) is 2.26. The van der Waals surface area contributed by atoms with Crippen LogP contribution >= 0.6 is 0 Å². The highest BCUT2D eigenvalue weighted by molar-refractivity contribution is 7.92. The average molecular weight is 287 g/mol. The van der Waals surface area contributed by atoms with Crippen molar-refractivity contribution in [3.63, 3.8) is 0 Å². The van der Waals surface area contributed by atoms with Gasteiger partial charge in [0.1, 0.15) is 0 Å². The fourth-order valence-electron chi connectivity index (χ4n) is 1.21. The van der Waals surface area contributed by atoms with Crippen LogP contribution in [-0.4, -0.2) is 35.2 Å². The molecule has 0 radical (unpaired) electrons. The van der Waals surface area contributed by atoms with E-state index in [9.17, 15) is 13.2 Å². The van der Waals surface area contributed by atoms with Crippen LogP contribution < -0.4 is 4.72 Å². The number of rotatable bonds is 5. The molecule has 0 bridgehead atoms. The van der Waals surface area contributed by atoms with Crippen LogP contribution in [0.25, 0.3) is 0 Å². The van der Waals surface area contributed by atoms with Crippen LogP contribution in [0.3, 0.4) is 0 Å². The van der Waals surface area contributed by atoms with Crippen LogP contribution in [-0.2, 0) is 10.0 Å². The van der Waals surface area contributed by atoms with Crippen molar-refractivity contribution in [3.8, 4) is 0 Å². The molecule has 0 atom stereocenters. The van der Waals surface area contributed by atoms with Gasteiger partial charge in [-0.2, -0.15) is 0 Å². The Morgan fingerprint density at radius 2 is 1.89 bits per heavy atom. The maximum atomic E-state index is 11.8. The lowest BCUT2D eigenvalue weighted by molar-refractivity contribution is 0.0691. The number of anilines is 1. The van der Waals surface area contributed by atoms with Crippen LogP contribution in [0.5, 0.6) is 0 Å². The van der Waals surface area contributed by atoms with Gasteiger partial charge in [0.05, 0.1) is 5.75 Å². The molecule has 0 fully saturated rings. The summed E-state index contributed by atoms with van der Waals surface area (Å²) in [6.07, 6.45) is 2.87. The first-order valence-corrected chi connectivity index (χ1v) is 7.31. The van der Waals surface area contributed by atoms with E-state index in [1.165, 1.54) is 12.4 Å². The molecule has 1 aromatic rings.